The van der Waals surface area contributed by atoms with E-state index in [1.807, 2.05) is 36.0 Å². The van der Waals surface area contributed by atoms with Gasteiger partial charge in [-0.2, -0.15) is 0 Å². The van der Waals surface area contributed by atoms with E-state index in [0.717, 1.165) is 28.0 Å². The van der Waals surface area contributed by atoms with E-state index in [1.54, 1.807) is 73.1 Å². The lowest BCUT2D eigenvalue weighted by molar-refractivity contribution is -0.122. The number of carbonyl (C=O) groups is 3. The van der Waals surface area contributed by atoms with Crippen LogP contribution in [0.3, 0.4) is 0 Å². The fourth-order valence-electron chi connectivity index (χ4n) is 6.15. The molecular formula is C35H32N8O4. The third-order valence-electron chi connectivity index (χ3n) is 8.54. The van der Waals surface area contributed by atoms with Crippen LogP contribution in [0.4, 0.5) is 27.5 Å². The molecule has 0 radical (unpaired) electrons. The molecule has 47 heavy (non-hydrogen) atoms. The molecule has 0 atom stereocenters. The predicted molar refractivity (Wildman–Crippen MR) is 180 cm³/mol. The summed E-state index contributed by atoms with van der Waals surface area (Å²) >= 11 is 0. The normalized spacial score (nSPS) is 15.4. The number of ketones is 1. The number of rotatable bonds is 6. The highest BCUT2D eigenvalue weighted by molar-refractivity contribution is 6.16. The number of hydrogen-bond donors (Lipinski definition) is 2. The van der Waals surface area contributed by atoms with Gasteiger partial charge >= 0.3 is 6.03 Å². The molecule has 1 saturated heterocycles. The number of hydrogen-bond acceptors (Lipinski definition) is 8. The SMILES string of the molecule is CN(C(=O)C1CCN(c2ccnc3c2c(/C=C2\Oc4ccc(NC(=O)Nc5cccnc5)cc4C2=O)cn3C)CC1)c1cccnc1. The summed E-state index contributed by atoms with van der Waals surface area (Å²) in [5.41, 5.74) is 4.70. The van der Waals surface area contributed by atoms with Crippen LogP contribution in [0.2, 0.25) is 0 Å². The smallest absolute Gasteiger partial charge is 0.323 e. The molecule has 6 heterocycles. The van der Waals surface area contributed by atoms with E-state index in [4.69, 9.17) is 4.74 Å². The average Bonchev–Trinajstić information content (AvgIpc) is 3.59. The summed E-state index contributed by atoms with van der Waals surface area (Å²) in [4.78, 5) is 56.0. The fraction of sp³-hybridized carbons (Fsp3) is 0.200. The molecular weight excluding hydrogens is 596 g/mol. The van der Waals surface area contributed by atoms with Gasteiger partial charge < -0.3 is 29.7 Å². The first-order valence-electron chi connectivity index (χ1n) is 15.3. The Morgan fingerprint density at radius 2 is 1.74 bits per heavy atom. The van der Waals surface area contributed by atoms with Gasteiger partial charge in [0.05, 0.1) is 29.3 Å². The van der Waals surface area contributed by atoms with Crippen LogP contribution in [0, 0.1) is 5.92 Å². The Morgan fingerprint density at radius 3 is 2.49 bits per heavy atom. The first kappa shape index (κ1) is 29.7. The van der Waals surface area contributed by atoms with Crippen molar-refractivity contribution in [2.45, 2.75) is 12.8 Å². The monoisotopic (exact) mass is 628 g/mol. The molecule has 5 aromatic rings. The predicted octanol–water partition coefficient (Wildman–Crippen LogP) is 5.50. The zero-order chi connectivity index (χ0) is 32.5. The number of piperidine rings is 1. The van der Waals surface area contributed by atoms with Crippen LogP contribution >= 0.6 is 0 Å². The van der Waals surface area contributed by atoms with Crippen molar-refractivity contribution >= 4 is 57.6 Å². The quantitative estimate of drug-likeness (QED) is 0.235. The van der Waals surface area contributed by atoms with E-state index >= 15 is 0 Å². The van der Waals surface area contributed by atoms with Gasteiger partial charge in [0.2, 0.25) is 11.7 Å². The minimum absolute atomic E-state index is 0.0880. The molecule has 0 bridgehead atoms. The number of ether oxygens (including phenoxy) is 1. The van der Waals surface area contributed by atoms with Crippen LogP contribution in [-0.4, -0.2) is 57.4 Å². The number of nitrogens with zero attached hydrogens (tertiary/aromatic N) is 6. The molecule has 0 spiro atoms. The van der Waals surface area contributed by atoms with Crippen molar-refractivity contribution in [3.05, 3.63) is 103 Å². The second kappa shape index (κ2) is 12.4. The number of amides is 3. The molecule has 12 heteroatoms. The lowest BCUT2D eigenvalue weighted by atomic mass is 9.94. The topological polar surface area (TPSA) is 135 Å². The van der Waals surface area contributed by atoms with E-state index in [-0.39, 0.29) is 23.4 Å². The van der Waals surface area contributed by atoms with Crippen molar-refractivity contribution in [2.75, 3.05) is 40.6 Å². The summed E-state index contributed by atoms with van der Waals surface area (Å²) < 4.78 is 7.94. The summed E-state index contributed by atoms with van der Waals surface area (Å²) in [6, 6.07) is 13.6. The summed E-state index contributed by atoms with van der Waals surface area (Å²) in [5.74, 6) is 0.320. The number of fused-ring (bicyclic) bond motifs is 2. The molecule has 0 aliphatic carbocycles. The highest BCUT2D eigenvalue weighted by Crippen LogP contribution is 2.37. The number of carbonyl (C=O) groups excluding carboxylic acids is 3. The van der Waals surface area contributed by atoms with Gasteiger partial charge in [0.1, 0.15) is 11.4 Å². The largest absolute Gasteiger partial charge is 0.452 e. The Kier molecular flexibility index (Phi) is 7.82. The first-order valence-corrected chi connectivity index (χ1v) is 15.3. The van der Waals surface area contributed by atoms with Gasteiger partial charge in [0.25, 0.3) is 0 Å². The number of aromatic nitrogens is 4. The fourth-order valence-corrected chi connectivity index (χ4v) is 6.15. The molecule has 1 fully saturated rings. The van der Waals surface area contributed by atoms with Gasteiger partial charge in [-0.15, -0.1) is 0 Å². The number of urea groups is 1. The van der Waals surface area contributed by atoms with E-state index in [2.05, 4.69) is 30.5 Å². The Labute approximate surface area is 270 Å². The van der Waals surface area contributed by atoms with Crippen LogP contribution in [-0.2, 0) is 11.8 Å². The number of benzene rings is 1. The maximum atomic E-state index is 13.5. The average molecular weight is 629 g/mol. The summed E-state index contributed by atoms with van der Waals surface area (Å²) in [6.45, 7) is 1.40. The molecule has 2 aliphatic heterocycles. The van der Waals surface area contributed by atoms with E-state index in [9.17, 15) is 14.4 Å². The molecule has 1 aromatic carbocycles. The second-order valence-corrected chi connectivity index (χ2v) is 11.6. The molecule has 0 saturated carbocycles. The maximum Gasteiger partial charge on any atom is 0.323 e. The molecule has 0 unspecified atom stereocenters. The molecule has 4 aromatic heterocycles. The van der Waals surface area contributed by atoms with Crippen LogP contribution in [0.15, 0.2) is 91.5 Å². The number of nitrogens with one attached hydrogen (secondary N) is 2. The van der Waals surface area contributed by atoms with Gasteiger partial charge in [-0.05, 0) is 67.4 Å². The van der Waals surface area contributed by atoms with Crippen molar-refractivity contribution in [1.82, 2.24) is 19.5 Å². The Morgan fingerprint density at radius 1 is 0.979 bits per heavy atom. The van der Waals surface area contributed by atoms with Crippen LogP contribution < -0.4 is 25.2 Å². The lowest BCUT2D eigenvalue weighted by Gasteiger charge is -2.35. The van der Waals surface area contributed by atoms with Gasteiger partial charge in [-0.3, -0.25) is 19.6 Å². The van der Waals surface area contributed by atoms with Gasteiger partial charge in [0.15, 0.2) is 5.76 Å². The van der Waals surface area contributed by atoms with E-state index in [0.29, 0.717) is 48.6 Å². The van der Waals surface area contributed by atoms with Crippen LogP contribution in [0.25, 0.3) is 17.1 Å². The second-order valence-electron chi connectivity index (χ2n) is 11.6. The van der Waals surface area contributed by atoms with Gasteiger partial charge in [-0.25, -0.2) is 9.78 Å². The van der Waals surface area contributed by atoms with Crippen molar-refractivity contribution in [1.29, 1.82) is 0 Å². The summed E-state index contributed by atoms with van der Waals surface area (Å²) in [5, 5.41) is 6.36. The minimum Gasteiger partial charge on any atom is -0.452 e. The van der Waals surface area contributed by atoms with Crippen molar-refractivity contribution in [3.8, 4) is 5.75 Å². The highest BCUT2D eigenvalue weighted by atomic mass is 16.5. The van der Waals surface area contributed by atoms with Gasteiger partial charge in [-0.1, -0.05) is 0 Å². The van der Waals surface area contributed by atoms with Crippen molar-refractivity contribution in [2.24, 2.45) is 13.0 Å². The Balaban J connectivity index is 1.09. The number of pyridine rings is 3. The Bertz CT molecular complexity index is 2020. The third kappa shape index (κ3) is 5.88. The maximum absolute atomic E-state index is 13.5. The summed E-state index contributed by atoms with van der Waals surface area (Å²) in [7, 11) is 3.71. The van der Waals surface area contributed by atoms with Gasteiger partial charge in [0, 0.05) is 80.2 Å². The zero-order valence-electron chi connectivity index (χ0n) is 25.9. The standard InChI is InChI=1S/C35H32N8O4/c1-41-21-23(17-30-32(44)27-18-24(7-8-29(27)47-30)39-35(46)40-25-5-3-12-36-19-25)31-28(9-14-38-33(31)41)43-15-10-22(11-16-43)34(45)42(2)26-6-4-13-37-20-26/h3-9,12-14,17-22H,10-11,15-16H2,1-2H3,(H2,39,40,46)/b30-17-. The van der Waals surface area contributed by atoms with E-state index in [1.165, 1.54) is 6.20 Å². The Hall–Kier alpha value is -6.04. The van der Waals surface area contributed by atoms with Crippen LogP contribution in [0.1, 0.15) is 28.8 Å². The molecule has 3 amide bonds. The first-order chi connectivity index (χ1) is 22.9. The number of allylic oxidation sites excluding steroid dienone is 1. The summed E-state index contributed by atoms with van der Waals surface area (Å²) in [6.07, 6.45) is 13.4. The molecule has 2 N–H and O–H groups in total. The molecule has 12 nitrogen and oxygen atoms in total. The van der Waals surface area contributed by atoms with Crippen molar-refractivity contribution in [3.63, 3.8) is 0 Å². The molecule has 2 aliphatic rings. The number of aryl methyl sites for hydroxylation is 1. The highest BCUT2D eigenvalue weighted by Gasteiger charge is 2.31. The van der Waals surface area contributed by atoms with E-state index < -0.39 is 6.03 Å². The van der Waals surface area contributed by atoms with Crippen molar-refractivity contribution < 1.29 is 19.1 Å². The zero-order valence-corrected chi connectivity index (χ0v) is 25.9. The molecule has 236 valence electrons. The minimum atomic E-state index is -0.454. The number of anilines is 4. The van der Waals surface area contributed by atoms with Crippen LogP contribution in [0.5, 0.6) is 5.75 Å². The lowest BCUT2D eigenvalue weighted by Crippen LogP contribution is -2.41. The third-order valence-corrected chi connectivity index (χ3v) is 8.54. The molecule has 7 rings (SSSR count). The number of Topliss-reactive ketones (excluding diaryl/α,β-unsaturated/α-hetero) is 1.